The van der Waals surface area contributed by atoms with Crippen molar-refractivity contribution in [2.75, 3.05) is 0 Å². The van der Waals surface area contributed by atoms with E-state index in [2.05, 4.69) is 14.8 Å². The van der Waals surface area contributed by atoms with Gasteiger partial charge in [-0.2, -0.15) is 0 Å². The Labute approximate surface area is 103 Å². The average molecular weight is 234 g/mol. The van der Waals surface area contributed by atoms with Crippen molar-refractivity contribution in [3.63, 3.8) is 0 Å². The summed E-state index contributed by atoms with van der Waals surface area (Å²) in [4.78, 5) is 0. The van der Waals surface area contributed by atoms with Crippen LogP contribution in [0.1, 0.15) is 69.7 Å². The Kier molecular flexibility index (Phi) is 2.90. The molecule has 0 saturated heterocycles. The number of aromatic nitrogens is 3. The van der Waals surface area contributed by atoms with Crippen molar-refractivity contribution in [2.24, 2.45) is 5.73 Å². The van der Waals surface area contributed by atoms with E-state index in [0.29, 0.717) is 6.04 Å². The van der Waals surface area contributed by atoms with Crippen LogP contribution < -0.4 is 5.73 Å². The van der Waals surface area contributed by atoms with Crippen molar-refractivity contribution in [3.05, 3.63) is 12.2 Å². The fraction of sp³-hybridized carbons (Fsp3) is 0.846. The highest BCUT2D eigenvalue weighted by Gasteiger charge is 2.37. The summed E-state index contributed by atoms with van der Waals surface area (Å²) in [7, 11) is 0. The average Bonchev–Trinajstić information content (AvgIpc) is 2.99. The molecule has 2 saturated carbocycles. The van der Waals surface area contributed by atoms with Crippen LogP contribution >= 0.6 is 0 Å². The van der Waals surface area contributed by atoms with Gasteiger partial charge in [0.2, 0.25) is 0 Å². The van der Waals surface area contributed by atoms with E-state index in [-0.39, 0.29) is 5.54 Å². The first kappa shape index (κ1) is 11.2. The van der Waals surface area contributed by atoms with Crippen molar-refractivity contribution < 1.29 is 0 Å². The van der Waals surface area contributed by atoms with Gasteiger partial charge in [0.05, 0.1) is 5.54 Å². The lowest BCUT2D eigenvalue weighted by Gasteiger charge is -2.29. The SMILES string of the molecule is NC1(c2nncn2C2CCCCC2)CCCC1. The quantitative estimate of drug-likeness (QED) is 0.855. The zero-order valence-electron chi connectivity index (χ0n) is 10.4. The molecule has 3 rings (SSSR count). The van der Waals surface area contributed by atoms with Crippen LogP contribution in [0.25, 0.3) is 0 Å². The van der Waals surface area contributed by atoms with Gasteiger partial charge in [0.15, 0.2) is 5.82 Å². The Morgan fingerprint density at radius 3 is 2.53 bits per heavy atom. The normalized spacial score (nSPS) is 25.2. The molecule has 2 fully saturated rings. The van der Waals surface area contributed by atoms with Gasteiger partial charge in [-0.3, -0.25) is 0 Å². The lowest BCUT2D eigenvalue weighted by Crippen LogP contribution is -2.37. The monoisotopic (exact) mass is 234 g/mol. The zero-order chi connectivity index (χ0) is 11.7. The number of hydrogen-bond donors (Lipinski definition) is 1. The summed E-state index contributed by atoms with van der Waals surface area (Å²) in [6.07, 6.45) is 13.1. The lowest BCUT2D eigenvalue weighted by molar-refractivity contribution is 0.315. The Morgan fingerprint density at radius 2 is 1.82 bits per heavy atom. The summed E-state index contributed by atoms with van der Waals surface area (Å²) in [6.45, 7) is 0. The molecule has 1 aromatic heterocycles. The van der Waals surface area contributed by atoms with Crippen molar-refractivity contribution >= 4 is 0 Å². The lowest BCUT2D eigenvalue weighted by atomic mass is 9.93. The minimum atomic E-state index is -0.200. The van der Waals surface area contributed by atoms with E-state index in [0.717, 1.165) is 18.7 Å². The number of nitrogens with zero attached hydrogens (tertiary/aromatic N) is 3. The third-order valence-corrected chi connectivity index (χ3v) is 4.48. The largest absolute Gasteiger partial charge is 0.319 e. The highest BCUT2D eigenvalue weighted by Crippen LogP contribution is 2.38. The molecule has 4 heteroatoms. The minimum absolute atomic E-state index is 0.200. The number of hydrogen-bond acceptors (Lipinski definition) is 3. The molecule has 4 nitrogen and oxygen atoms in total. The van der Waals surface area contributed by atoms with E-state index in [1.807, 2.05) is 6.33 Å². The van der Waals surface area contributed by atoms with Crippen LogP contribution in [0.4, 0.5) is 0 Å². The molecule has 2 aliphatic carbocycles. The zero-order valence-corrected chi connectivity index (χ0v) is 10.4. The second-order valence-electron chi connectivity index (χ2n) is 5.72. The van der Waals surface area contributed by atoms with E-state index in [1.165, 1.54) is 44.9 Å². The molecule has 94 valence electrons. The maximum absolute atomic E-state index is 6.51. The van der Waals surface area contributed by atoms with E-state index >= 15 is 0 Å². The van der Waals surface area contributed by atoms with Gasteiger partial charge in [0.25, 0.3) is 0 Å². The van der Waals surface area contributed by atoms with Gasteiger partial charge in [-0.25, -0.2) is 0 Å². The van der Waals surface area contributed by atoms with Gasteiger partial charge in [0.1, 0.15) is 6.33 Å². The van der Waals surface area contributed by atoms with Crippen molar-refractivity contribution in [1.82, 2.24) is 14.8 Å². The van der Waals surface area contributed by atoms with Crippen LogP contribution in [0.3, 0.4) is 0 Å². The molecule has 1 heterocycles. The van der Waals surface area contributed by atoms with Gasteiger partial charge in [-0.1, -0.05) is 32.1 Å². The minimum Gasteiger partial charge on any atom is -0.319 e. The predicted molar refractivity (Wildman–Crippen MR) is 66.5 cm³/mol. The van der Waals surface area contributed by atoms with Gasteiger partial charge in [0, 0.05) is 6.04 Å². The summed E-state index contributed by atoms with van der Waals surface area (Å²) >= 11 is 0. The molecule has 0 radical (unpaired) electrons. The Balaban J connectivity index is 1.87. The van der Waals surface area contributed by atoms with Crippen LogP contribution in [0, 0.1) is 0 Å². The molecule has 2 N–H and O–H groups in total. The van der Waals surface area contributed by atoms with Crippen LogP contribution in [0.5, 0.6) is 0 Å². The van der Waals surface area contributed by atoms with E-state index in [4.69, 9.17) is 5.73 Å². The first-order valence-electron chi connectivity index (χ1n) is 6.98. The first-order valence-corrected chi connectivity index (χ1v) is 6.98. The number of nitrogens with two attached hydrogens (primary N) is 1. The maximum atomic E-state index is 6.51. The third-order valence-electron chi connectivity index (χ3n) is 4.48. The molecule has 0 unspecified atom stereocenters. The molecular formula is C13H22N4. The second-order valence-corrected chi connectivity index (χ2v) is 5.72. The Hall–Kier alpha value is -0.900. The topological polar surface area (TPSA) is 56.7 Å². The van der Waals surface area contributed by atoms with Crippen molar-refractivity contribution in [3.8, 4) is 0 Å². The molecule has 1 aromatic rings. The van der Waals surface area contributed by atoms with Crippen LogP contribution in [-0.4, -0.2) is 14.8 Å². The fourth-order valence-electron chi connectivity index (χ4n) is 3.46. The molecular weight excluding hydrogens is 212 g/mol. The fourth-order valence-corrected chi connectivity index (χ4v) is 3.46. The summed E-state index contributed by atoms with van der Waals surface area (Å²) < 4.78 is 2.28. The molecule has 0 amide bonds. The molecule has 0 bridgehead atoms. The molecule has 17 heavy (non-hydrogen) atoms. The highest BCUT2D eigenvalue weighted by molar-refractivity contribution is 5.09. The maximum Gasteiger partial charge on any atom is 0.153 e. The molecule has 0 aromatic carbocycles. The smallest absolute Gasteiger partial charge is 0.153 e. The Morgan fingerprint density at radius 1 is 1.12 bits per heavy atom. The van der Waals surface area contributed by atoms with Gasteiger partial charge in [-0.15, -0.1) is 10.2 Å². The summed E-state index contributed by atoms with van der Waals surface area (Å²) in [5.74, 6) is 1.04. The molecule has 0 atom stereocenters. The first-order chi connectivity index (χ1) is 8.30. The molecule has 2 aliphatic rings. The molecule has 0 aliphatic heterocycles. The summed E-state index contributed by atoms with van der Waals surface area (Å²) in [5, 5.41) is 8.45. The van der Waals surface area contributed by atoms with Gasteiger partial charge >= 0.3 is 0 Å². The van der Waals surface area contributed by atoms with Crippen LogP contribution in [0.2, 0.25) is 0 Å². The van der Waals surface area contributed by atoms with Crippen molar-refractivity contribution in [2.45, 2.75) is 69.4 Å². The predicted octanol–water partition coefficient (Wildman–Crippen LogP) is 2.51. The second kappa shape index (κ2) is 4.41. The van der Waals surface area contributed by atoms with E-state index in [1.54, 1.807) is 0 Å². The standard InChI is InChI=1S/C13H22N4/c14-13(8-4-5-9-13)12-16-15-10-17(12)11-6-2-1-3-7-11/h10-11H,1-9,14H2. The van der Waals surface area contributed by atoms with Crippen LogP contribution in [0.15, 0.2) is 6.33 Å². The van der Waals surface area contributed by atoms with E-state index < -0.39 is 0 Å². The van der Waals surface area contributed by atoms with Gasteiger partial charge < -0.3 is 10.3 Å². The Bertz CT molecular complexity index is 373. The van der Waals surface area contributed by atoms with Crippen LogP contribution in [-0.2, 0) is 5.54 Å². The number of rotatable bonds is 2. The van der Waals surface area contributed by atoms with E-state index in [9.17, 15) is 0 Å². The highest BCUT2D eigenvalue weighted by atomic mass is 15.3. The third kappa shape index (κ3) is 1.99. The summed E-state index contributed by atoms with van der Waals surface area (Å²) in [5.41, 5.74) is 6.31. The van der Waals surface area contributed by atoms with Crippen molar-refractivity contribution in [1.29, 1.82) is 0 Å². The molecule has 0 spiro atoms. The van der Waals surface area contributed by atoms with Gasteiger partial charge in [-0.05, 0) is 25.7 Å². The summed E-state index contributed by atoms with van der Waals surface area (Å²) in [6, 6.07) is 0.592.